The lowest BCUT2D eigenvalue weighted by atomic mass is 10.2. The van der Waals surface area contributed by atoms with E-state index in [1.807, 2.05) is 30.3 Å². The molecule has 1 saturated heterocycles. The van der Waals surface area contributed by atoms with Crippen LogP contribution in [0.3, 0.4) is 0 Å². The summed E-state index contributed by atoms with van der Waals surface area (Å²) in [6.45, 7) is 6.93. The first-order valence-electron chi connectivity index (χ1n) is 9.61. The van der Waals surface area contributed by atoms with Gasteiger partial charge in [-0.2, -0.15) is 0 Å². The van der Waals surface area contributed by atoms with Crippen LogP contribution in [0, 0.1) is 11.6 Å². The third kappa shape index (κ3) is 5.59. The molecule has 1 aliphatic heterocycles. The van der Waals surface area contributed by atoms with Crippen molar-refractivity contribution in [1.82, 2.24) is 4.90 Å². The van der Waals surface area contributed by atoms with E-state index in [9.17, 15) is 13.6 Å². The maximum atomic E-state index is 14.6. The maximum Gasteiger partial charge on any atom is 0.410 e. The zero-order valence-corrected chi connectivity index (χ0v) is 17.0. The average molecular weight is 404 g/mol. The number of hydrogen-bond acceptors (Lipinski definition) is 4. The van der Waals surface area contributed by atoms with Gasteiger partial charge in [-0.3, -0.25) is 0 Å². The number of nitrogens with zero attached hydrogens (tertiary/aromatic N) is 2. The normalized spacial score (nSPS) is 14.7. The van der Waals surface area contributed by atoms with Gasteiger partial charge in [0.25, 0.3) is 0 Å². The van der Waals surface area contributed by atoms with Crippen LogP contribution in [-0.2, 0) is 11.3 Å². The molecule has 0 aromatic heterocycles. The number of piperazine rings is 1. The van der Waals surface area contributed by atoms with Crippen LogP contribution < -0.4 is 9.64 Å². The molecule has 3 rings (SSSR count). The Hall–Kier alpha value is -2.83. The van der Waals surface area contributed by atoms with Crippen molar-refractivity contribution in [1.29, 1.82) is 0 Å². The van der Waals surface area contributed by atoms with Gasteiger partial charge < -0.3 is 19.3 Å². The van der Waals surface area contributed by atoms with E-state index in [4.69, 9.17) is 9.47 Å². The van der Waals surface area contributed by atoms with Crippen LogP contribution >= 0.6 is 0 Å². The van der Waals surface area contributed by atoms with E-state index in [0.29, 0.717) is 26.2 Å². The molecule has 0 bridgehead atoms. The number of benzene rings is 2. The van der Waals surface area contributed by atoms with Crippen molar-refractivity contribution in [2.24, 2.45) is 0 Å². The van der Waals surface area contributed by atoms with Crippen LogP contribution in [0.2, 0.25) is 0 Å². The molecular formula is C22H26F2N2O3. The van der Waals surface area contributed by atoms with E-state index in [0.717, 1.165) is 5.56 Å². The zero-order chi connectivity index (χ0) is 21.0. The van der Waals surface area contributed by atoms with Gasteiger partial charge >= 0.3 is 6.09 Å². The Bertz CT molecular complexity index is 822. The molecule has 0 atom stereocenters. The Kier molecular flexibility index (Phi) is 6.25. The summed E-state index contributed by atoms with van der Waals surface area (Å²) < 4.78 is 40.1. The molecule has 0 N–H and O–H groups in total. The first-order chi connectivity index (χ1) is 13.7. The molecular weight excluding hydrogens is 378 g/mol. The minimum atomic E-state index is -0.682. The van der Waals surface area contributed by atoms with E-state index in [-0.39, 0.29) is 18.0 Å². The molecule has 1 fully saturated rings. The molecule has 1 aliphatic rings. The van der Waals surface area contributed by atoms with Gasteiger partial charge in [0, 0.05) is 38.3 Å². The van der Waals surface area contributed by atoms with Crippen LogP contribution in [0.25, 0.3) is 0 Å². The number of ether oxygens (including phenoxy) is 2. The Morgan fingerprint density at radius 3 is 2.14 bits per heavy atom. The Balaban J connectivity index is 1.62. The highest BCUT2D eigenvalue weighted by Gasteiger charge is 2.28. The molecule has 156 valence electrons. The van der Waals surface area contributed by atoms with E-state index in [1.165, 1.54) is 12.1 Å². The quantitative estimate of drug-likeness (QED) is 0.747. The van der Waals surface area contributed by atoms with Crippen LogP contribution in [0.5, 0.6) is 5.75 Å². The van der Waals surface area contributed by atoms with Crippen molar-refractivity contribution in [2.75, 3.05) is 31.1 Å². The van der Waals surface area contributed by atoms with Crippen molar-refractivity contribution in [3.05, 3.63) is 59.7 Å². The van der Waals surface area contributed by atoms with Crippen LogP contribution in [0.15, 0.2) is 42.5 Å². The second-order valence-electron chi connectivity index (χ2n) is 7.96. The number of halogens is 2. The summed E-state index contributed by atoms with van der Waals surface area (Å²) in [4.78, 5) is 15.3. The van der Waals surface area contributed by atoms with Gasteiger partial charge in [0.15, 0.2) is 11.6 Å². The van der Waals surface area contributed by atoms with Crippen molar-refractivity contribution in [3.63, 3.8) is 0 Å². The molecule has 1 amide bonds. The predicted octanol–water partition coefficient (Wildman–Crippen LogP) is 4.60. The third-order valence-corrected chi connectivity index (χ3v) is 4.49. The number of amides is 1. The molecule has 0 aliphatic carbocycles. The lowest BCUT2D eigenvalue weighted by molar-refractivity contribution is 0.0240. The average Bonchev–Trinajstić information content (AvgIpc) is 2.66. The predicted molar refractivity (Wildman–Crippen MR) is 107 cm³/mol. The van der Waals surface area contributed by atoms with Gasteiger partial charge in [-0.25, -0.2) is 13.6 Å². The van der Waals surface area contributed by atoms with E-state index >= 15 is 0 Å². The largest absolute Gasteiger partial charge is 0.489 e. The van der Waals surface area contributed by atoms with Gasteiger partial charge in [-0.15, -0.1) is 0 Å². The first-order valence-corrected chi connectivity index (χ1v) is 9.61. The van der Waals surface area contributed by atoms with Gasteiger partial charge in [-0.1, -0.05) is 30.3 Å². The topological polar surface area (TPSA) is 42.0 Å². The number of hydrogen-bond donors (Lipinski definition) is 0. The third-order valence-electron chi connectivity index (χ3n) is 4.49. The molecule has 5 nitrogen and oxygen atoms in total. The van der Waals surface area contributed by atoms with Crippen molar-refractivity contribution >= 4 is 11.8 Å². The van der Waals surface area contributed by atoms with E-state index in [1.54, 1.807) is 30.6 Å². The van der Waals surface area contributed by atoms with Gasteiger partial charge in [0.2, 0.25) is 0 Å². The number of carbonyl (C=O) groups excluding carboxylic acids is 1. The van der Waals surface area contributed by atoms with Gasteiger partial charge in [0.1, 0.15) is 23.6 Å². The lowest BCUT2D eigenvalue weighted by Gasteiger charge is -2.37. The standard InChI is InChI=1S/C22H26F2N2O3/c1-22(2,3)29-21(27)26-11-9-25(10-12-26)20-18(23)13-17(14-19(20)24)28-15-16-7-5-4-6-8-16/h4-8,13-14H,9-12,15H2,1-3H3. The van der Waals surface area contributed by atoms with Crippen molar-refractivity contribution in [2.45, 2.75) is 33.0 Å². The highest BCUT2D eigenvalue weighted by atomic mass is 19.1. The second-order valence-corrected chi connectivity index (χ2v) is 7.96. The van der Waals surface area contributed by atoms with Gasteiger partial charge in [0.05, 0.1) is 0 Å². The highest BCUT2D eigenvalue weighted by Crippen LogP contribution is 2.29. The number of carbonyl (C=O) groups is 1. The molecule has 7 heteroatoms. The van der Waals surface area contributed by atoms with Gasteiger partial charge in [-0.05, 0) is 26.3 Å². The summed E-state index contributed by atoms with van der Waals surface area (Å²) in [6, 6.07) is 11.8. The molecule has 2 aromatic rings. The first kappa shape index (κ1) is 20.9. The molecule has 0 saturated carbocycles. The Morgan fingerprint density at radius 2 is 1.59 bits per heavy atom. The second kappa shape index (κ2) is 8.68. The summed E-state index contributed by atoms with van der Waals surface area (Å²) in [5, 5.41) is 0. The lowest BCUT2D eigenvalue weighted by Crippen LogP contribution is -2.50. The Labute approximate surface area is 169 Å². The van der Waals surface area contributed by atoms with Crippen molar-refractivity contribution in [3.8, 4) is 5.75 Å². The van der Waals surface area contributed by atoms with Crippen LogP contribution in [-0.4, -0.2) is 42.8 Å². The van der Waals surface area contributed by atoms with Crippen LogP contribution in [0.4, 0.5) is 19.3 Å². The minimum absolute atomic E-state index is 0.0964. The van der Waals surface area contributed by atoms with Crippen LogP contribution in [0.1, 0.15) is 26.3 Å². The monoisotopic (exact) mass is 404 g/mol. The number of anilines is 1. The fraction of sp³-hybridized carbons (Fsp3) is 0.409. The zero-order valence-electron chi connectivity index (χ0n) is 17.0. The fourth-order valence-corrected chi connectivity index (χ4v) is 3.11. The summed E-state index contributed by atoms with van der Waals surface area (Å²) in [5.41, 5.74) is 0.235. The number of rotatable bonds is 4. The molecule has 0 radical (unpaired) electrons. The maximum absolute atomic E-state index is 14.6. The van der Waals surface area contributed by atoms with E-state index < -0.39 is 23.3 Å². The minimum Gasteiger partial charge on any atom is -0.489 e. The molecule has 1 heterocycles. The summed E-state index contributed by atoms with van der Waals surface area (Å²) in [7, 11) is 0. The molecule has 2 aromatic carbocycles. The molecule has 0 unspecified atom stereocenters. The Morgan fingerprint density at radius 1 is 1.00 bits per heavy atom. The smallest absolute Gasteiger partial charge is 0.410 e. The summed E-state index contributed by atoms with van der Waals surface area (Å²) in [6.07, 6.45) is -0.414. The van der Waals surface area contributed by atoms with E-state index in [2.05, 4.69) is 0 Å². The summed E-state index contributed by atoms with van der Waals surface area (Å²) >= 11 is 0. The van der Waals surface area contributed by atoms with Crippen molar-refractivity contribution < 1.29 is 23.0 Å². The fourth-order valence-electron chi connectivity index (χ4n) is 3.11. The molecule has 29 heavy (non-hydrogen) atoms. The highest BCUT2D eigenvalue weighted by molar-refractivity contribution is 5.68. The SMILES string of the molecule is CC(C)(C)OC(=O)N1CCN(c2c(F)cc(OCc3ccccc3)cc2F)CC1. The summed E-state index contributed by atoms with van der Waals surface area (Å²) in [5.74, 6) is -1.22. The molecule has 0 spiro atoms.